The van der Waals surface area contributed by atoms with Crippen LogP contribution in [0.1, 0.15) is 16.8 Å². The van der Waals surface area contributed by atoms with Gasteiger partial charge in [0.1, 0.15) is 0 Å². The molecule has 2 aliphatic heterocycles. The molecule has 0 saturated carbocycles. The third-order valence-electron chi connectivity index (χ3n) is 2.60. The monoisotopic (exact) mass is 221 g/mol. The quantitative estimate of drug-likeness (QED) is 0.714. The van der Waals surface area contributed by atoms with Crippen molar-refractivity contribution >= 4 is 5.91 Å². The molecular formula is C11H11NO4. The molecular weight excluding hydrogens is 210 g/mol. The van der Waals surface area contributed by atoms with E-state index in [1.165, 1.54) is 5.06 Å². The van der Waals surface area contributed by atoms with Gasteiger partial charge in [-0.3, -0.25) is 9.63 Å². The zero-order valence-electron chi connectivity index (χ0n) is 8.64. The van der Waals surface area contributed by atoms with Crippen LogP contribution in [0.2, 0.25) is 0 Å². The van der Waals surface area contributed by atoms with E-state index in [0.717, 1.165) is 6.42 Å². The van der Waals surface area contributed by atoms with Gasteiger partial charge in [-0.1, -0.05) is 0 Å². The zero-order chi connectivity index (χ0) is 11.0. The Morgan fingerprint density at radius 2 is 2.12 bits per heavy atom. The van der Waals surface area contributed by atoms with Gasteiger partial charge in [-0.2, -0.15) is 0 Å². The van der Waals surface area contributed by atoms with Crippen molar-refractivity contribution in [3.8, 4) is 11.5 Å². The summed E-state index contributed by atoms with van der Waals surface area (Å²) in [5.41, 5.74) is 0.561. The van der Waals surface area contributed by atoms with Gasteiger partial charge in [-0.05, 0) is 24.6 Å². The van der Waals surface area contributed by atoms with Crippen LogP contribution in [-0.4, -0.2) is 30.9 Å². The Balaban J connectivity index is 1.86. The summed E-state index contributed by atoms with van der Waals surface area (Å²) in [6, 6.07) is 5.15. The number of amides is 1. The standard InChI is InChI=1S/C11H11NO4/c13-11(12-4-1-5-16-12)8-2-3-9-10(6-8)15-7-14-9/h2-3,6H,1,4-5,7H2. The predicted molar refractivity (Wildman–Crippen MR) is 54.2 cm³/mol. The molecule has 1 aromatic rings. The molecule has 0 radical (unpaired) electrons. The number of hydroxylamine groups is 2. The van der Waals surface area contributed by atoms with E-state index in [0.29, 0.717) is 30.2 Å². The van der Waals surface area contributed by atoms with E-state index in [1.54, 1.807) is 18.2 Å². The van der Waals surface area contributed by atoms with Gasteiger partial charge in [0.2, 0.25) is 6.79 Å². The van der Waals surface area contributed by atoms with Crippen molar-refractivity contribution in [1.82, 2.24) is 5.06 Å². The maximum absolute atomic E-state index is 12.0. The lowest BCUT2D eigenvalue weighted by molar-refractivity contribution is -0.0768. The highest BCUT2D eigenvalue weighted by Gasteiger charge is 2.23. The number of hydrogen-bond acceptors (Lipinski definition) is 4. The fraction of sp³-hybridized carbons (Fsp3) is 0.364. The molecule has 16 heavy (non-hydrogen) atoms. The zero-order valence-corrected chi connectivity index (χ0v) is 8.64. The molecule has 1 amide bonds. The number of benzene rings is 1. The summed E-state index contributed by atoms with van der Waals surface area (Å²) in [6.07, 6.45) is 0.885. The summed E-state index contributed by atoms with van der Waals surface area (Å²) in [5, 5.41) is 1.39. The van der Waals surface area contributed by atoms with Crippen molar-refractivity contribution in [3.05, 3.63) is 23.8 Å². The van der Waals surface area contributed by atoms with Crippen molar-refractivity contribution in [1.29, 1.82) is 0 Å². The highest BCUT2D eigenvalue weighted by atomic mass is 16.7. The summed E-state index contributed by atoms with van der Waals surface area (Å²) >= 11 is 0. The molecule has 1 saturated heterocycles. The predicted octanol–water partition coefficient (Wildman–Crippen LogP) is 1.19. The van der Waals surface area contributed by atoms with Crippen molar-refractivity contribution in [2.75, 3.05) is 19.9 Å². The molecule has 3 rings (SSSR count). The van der Waals surface area contributed by atoms with Crippen LogP contribution in [0, 0.1) is 0 Å². The largest absolute Gasteiger partial charge is 0.454 e. The van der Waals surface area contributed by atoms with Gasteiger partial charge in [0.05, 0.1) is 13.2 Å². The van der Waals surface area contributed by atoms with E-state index in [-0.39, 0.29) is 12.7 Å². The van der Waals surface area contributed by atoms with Crippen molar-refractivity contribution in [2.45, 2.75) is 6.42 Å². The van der Waals surface area contributed by atoms with Gasteiger partial charge in [0.15, 0.2) is 11.5 Å². The topological polar surface area (TPSA) is 48.0 Å². The molecule has 0 aromatic heterocycles. The van der Waals surface area contributed by atoms with Gasteiger partial charge < -0.3 is 9.47 Å². The Labute approximate surface area is 92.5 Å². The van der Waals surface area contributed by atoms with E-state index in [1.807, 2.05) is 0 Å². The van der Waals surface area contributed by atoms with Crippen LogP contribution >= 0.6 is 0 Å². The minimum atomic E-state index is -0.129. The molecule has 0 spiro atoms. The van der Waals surface area contributed by atoms with E-state index >= 15 is 0 Å². The van der Waals surface area contributed by atoms with Crippen LogP contribution in [0.15, 0.2) is 18.2 Å². The van der Waals surface area contributed by atoms with Crippen LogP contribution in [-0.2, 0) is 4.84 Å². The fourth-order valence-electron chi connectivity index (χ4n) is 1.78. The van der Waals surface area contributed by atoms with Gasteiger partial charge in [-0.15, -0.1) is 0 Å². The molecule has 2 heterocycles. The second kappa shape index (κ2) is 3.68. The summed E-state index contributed by atoms with van der Waals surface area (Å²) in [4.78, 5) is 17.2. The molecule has 0 atom stereocenters. The van der Waals surface area contributed by atoms with Gasteiger partial charge >= 0.3 is 0 Å². The molecule has 5 nitrogen and oxygen atoms in total. The first-order valence-corrected chi connectivity index (χ1v) is 5.19. The molecule has 0 N–H and O–H groups in total. The Kier molecular flexibility index (Phi) is 2.18. The number of carbonyl (C=O) groups excluding carboxylic acids is 1. The summed E-state index contributed by atoms with van der Waals surface area (Å²) < 4.78 is 10.4. The average Bonchev–Trinajstić information content (AvgIpc) is 2.98. The maximum atomic E-state index is 12.0. The van der Waals surface area contributed by atoms with Crippen LogP contribution < -0.4 is 9.47 Å². The van der Waals surface area contributed by atoms with Gasteiger partial charge in [0.25, 0.3) is 5.91 Å². The molecule has 2 aliphatic rings. The lowest BCUT2D eigenvalue weighted by Crippen LogP contribution is -2.26. The SMILES string of the molecule is O=C(c1ccc2c(c1)OCO2)N1CCCO1. The van der Waals surface area contributed by atoms with Crippen molar-refractivity contribution in [2.24, 2.45) is 0 Å². The van der Waals surface area contributed by atoms with Crippen LogP contribution in [0.3, 0.4) is 0 Å². The van der Waals surface area contributed by atoms with Crippen LogP contribution in [0.5, 0.6) is 11.5 Å². The molecule has 5 heteroatoms. The maximum Gasteiger partial charge on any atom is 0.277 e. The first-order valence-electron chi connectivity index (χ1n) is 5.19. The lowest BCUT2D eigenvalue weighted by Gasteiger charge is -2.13. The molecule has 0 aliphatic carbocycles. The molecule has 1 aromatic carbocycles. The normalized spacial score (nSPS) is 17.9. The molecule has 1 fully saturated rings. The van der Waals surface area contributed by atoms with E-state index < -0.39 is 0 Å². The Bertz CT molecular complexity index is 426. The average molecular weight is 221 g/mol. The smallest absolute Gasteiger partial charge is 0.277 e. The minimum absolute atomic E-state index is 0.129. The van der Waals surface area contributed by atoms with Crippen LogP contribution in [0.25, 0.3) is 0 Å². The first kappa shape index (κ1) is 9.47. The number of carbonyl (C=O) groups is 1. The van der Waals surface area contributed by atoms with E-state index in [4.69, 9.17) is 14.3 Å². The first-order chi connectivity index (χ1) is 7.84. The van der Waals surface area contributed by atoms with Crippen molar-refractivity contribution < 1.29 is 19.1 Å². The number of hydrogen-bond donors (Lipinski definition) is 0. The molecule has 0 bridgehead atoms. The summed E-state index contributed by atoms with van der Waals surface area (Å²) in [7, 11) is 0. The third-order valence-corrected chi connectivity index (χ3v) is 2.60. The second-order valence-corrected chi connectivity index (χ2v) is 3.66. The fourth-order valence-corrected chi connectivity index (χ4v) is 1.78. The minimum Gasteiger partial charge on any atom is -0.454 e. The highest BCUT2D eigenvalue weighted by molar-refractivity contribution is 5.94. The van der Waals surface area contributed by atoms with E-state index in [9.17, 15) is 4.79 Å². The third kappa shape index (κ3) is 1.49. The number of nitrogens with zero attached hydrogens (tertiary/aromatic N) is 1. The second-order valence-electron chi connectivity index (χ2n) is 3.66. The lowest BCUT2D eigenvalue weighted by atomic mass is 10.2. The summed E-state index contributed by atoms with van der Waals surface area (Å²) in [5.74, 6) is 1.17. The number of fused-ring (bicyclic) bond motifs is 1. The molecule has 84 valence electrons. The number of rotatable bonds is 1. The number of ether oxygens (including phenoxy) is 2. The highest BCUT2D eigenvalue weighted by Crippen LogP contribution is 2.32. The Morgan fingerprint density at radius 1 is 1.25 bits per heavy atom. The Hall–Kier alpha value is -1.75. The molecule has 0 unspecified atom stereocenters. The Morgan fingerprint density at radius 3 is 2.94 bits per heavy atom. The van der Waals surface area contributed by atoms with Crippen LogP contribution in [0.4, 0.5) is 0 Å². The van der Waals surface area contributed by atoms with Gasteiger partial charge in [0, 0.05) is 5.56 Å². The van der Waals surface area contributed by atoms with Gasteiger partial charge in [-0.25, -0.2) is 5.06 Å². The van der Waals surface area contributed by atoms with Crippen molar-refractivity contribution in [3.63, 3.8) is 0 Å². The van der Waals surface area contributed by atoms with E-state index in [2.05, 4.69) is 0 Å². The summed E-state index contributed by atoms with van der Waals surface area (Å²) in [6.45, 7) is 1.47.